The van der Waals surface area contributed by atoms with E-state index in [1.807, 2.05) is 0 Å². The second kappa shape index (κ2) is 5.51. The number of rotatable bonds is 4. The summed E-state index contributed by atoms with van der Waals surface area (Å²) in [5.41, 5.74) is 6.98. The molecule has 1 aromatic heterocycles. The smallest absolute Gasteiger partial charge is 0.282 e. The summed E-state index contributed by atoms with van der Waals surface area (Å²) in [6.45, 7) is 0.140. The van der Waals surface area contributed by atoms with Crippen molar-refractivity contribution in [2.24, 2.45) is 11.6 Å². The SMILES string of the molecule is C[N+](C)(N)CC(=O)Nc1sc2c(c1C(N)=O)CCCC2. The average molecular weight is 297 g/mol. The number of anilines is 1. The van der Waals surface area contributed by atoms with Gasteiger partial charge in [0.15, 0.2) is 6.54 Å². The minimum absolute atomic E-state index is 0.0445. The van der Waals surface area contributed by atoms with E-state index in [1.54, 1.807) is 14.1 Å². The van der Waals surface area contributed by atoms with Gasteiger partial charge in [-0.25, -0.2) is 4.59 Å². The highest BCUT2D eigenvalue weighted by molar-refractivity contribution is 7.17. The zero-order valence-electron chi connectivity index (χ0n) is 11.9. The number of likely N-dealkylation sites (N-methyl/N-ethyl adjacent to an activating group) is 1. The van der Waals surface area contributed by atoms with E-state index in [9.17, 15) is 9.59 Å². The molecule has 20 heavy (non-hydrogen) atoms. The third kappa shape index (κ3) is 3.36. The molecule has 0 atom stereocenters. The van der Waals surface area contributed by atoms with Gasteiger partial charge >= 0.3 is 0 Å². The normalized spacial score (nSPS) is 14.8. The van der Waals surface area contributed by atoms with Gasteiger partial charge in [-0.05, 0) is 31.2 Å². The molecule has 0 fully saturated rings. The zero-order chi connectivity index (χ0) is 14.9. The van der Waals surface area contributed by atoms with Crippen LogP contribution in [0.4, 0.5) is 5.00 Å². The number of quaternary nitrogens is 1. The van der Waals surface area contributed by atoms with Crippen molar-refractivity contribution in [3.63, 3.8) is 0 Å². The molecule has 0 aromatic carbocycles. The molecule has 0 spiro atoms. The Labute approximate surface area is 122 Å². The molecule has 1 aromatic rings. The summed E-state index contributed by atoms with van der Waals surface area (Å²) >= 11 is 1.46. The first-order valence-electron chi connectivity index (χ1n) is 6.63. The lowest BCUT2D eigenvalue weighted by molar-refractivity contribution is -0.894. The number of nitrogens with zero attached hydrogens (tertiary/aromatic N) is 1. The Bertz CT molecular complexity index is 545. The molecule has 5 N–H and O–H groups in total. The van der Waals surface area contributed by atoms with Crippen molar-refractivity contribution in [2.75, 3.05) is 26.0 Å². The van der Waals surface area contributed by atoms with Gasteiger partial charge in [-0.1, -0.05) is 0 Å². The lowest BCUT2D eigenvalue weighted by atomic mass is 9.95. The summed E-state index contributed by atoms with van der Waals surface area (Å²) in [6.07, 6.45) is 3.99. The minimum atomic E-state index is -0.471. The summed E-state index contributed by atoms with van der Waals surface area (Å²) in [6, 6.07) is 0. The Balaban J connectivity index is 2.25. The number of amides is 2. The monoisotopic (exact) mass is 297 g/mol. The first-order chi connectivity index (χ1) is 9.28. The fourth-order valence-corrected chi connectivity index (χ4v) is 3.76. The number of thiophene rings is 1. The molecule has 0 radical (unpaired) electrons. The molecule has 0 saturated heterocycles. The predicted molar refractivity (Wildman–Crippen MR) is 79.3 cm³/mol. The summed E-state index contributed by atoms with van der Waals surface area (Å²) in [7, 11) is 3.46. The van der Waals surface area contributed by atoms with Crippen molar-refractivity contribution in [3.05, 3.63) is 16.0 Å². The molecule has 2 amide bonds. The van der Waals surface area contributed by atoms with E-state index < -0.39 is 5.91 Å². The summed E-state index contributed by atoms with van der Waals surface area (Å²) < 4.78 is 0.0445. The molecule has 6 nitrogen and oxygen atoms in total. The summed E-state index contributed by atoms with van der Waals surface area (Å²) in [5.74, 6) is 5.09. The number of nitrogens with two attached hydrogens (primary N) is 2. The van der Waals surface area contributed by atoms with Crippen LogP contribution in [0.1, 0.15) is 33.6 Å². The molecule has 2 rings (SSSR count). The van der Waals surface area contributed by atoms with E-state index in [0.29, 0.717) is 10.6 Å². The molecular formula is C13H21N4O2S+. The molecule has 110 valence electrons. The molecule has 0 saturated carbocycles. The van der Waals surface area contributed by atoms with Gasteiger partial charge in [0.25, 0.3) is 11.8 Å². The highest BCUT2D eigenvalue weighted by Gasteiger charge is 2.26. The maximum atomic E-state index is 12.0. The van der Waals surface area contributed by atoms with Gasteiger partial charge in [0.1, 0.15) is 5.00 Å². The number of fused-ring (bicyclic) bond motifs is 1. The van der Waals surface area contributed by atoms with Crippen LogP contribution < -0.4 is 16.9 Å². The van der Waals surface area contributed by atoms with E-state index in [1.165, 1.54) is 16.2 Å². The van der Waals surface area contributed by atoms with E-state index >= 15 is 0 Å². The van der Waals surface area contributed by atoms with Crippen molar-refractivity contribution in [2.45, 2.75) is 25.7 Å². The molecule has 1 aliphatic carbocycles. The average Bonchev–Trinajstić information content (AvgIpc) is 2.63. The maximum absolute atomic E-state index is 12.0. The molecule has 1 heterocycles. The maximum Gasteiger partial charge on any atom is 0.282 e. The second-order valence-corrected chi connectivity index (χ2v) is 6.87. The molecule has 0 aliphatic heterocycles. The van der Waals surface area contributed by atoms with Crippen LogP contribution in [0.2, 0.25) is 0 Å². The highest BCUT2D eigenvalue weighted by atomic mass is 32.1. The van der Waals surface area contributed by atoms with Crippen molar-refractivity contribution in [1.82, 2.24) is 0 Å². The first-order valence-corrected chi connectivity index (χ1v) is 7.45. The summed E-state index contributed by atoms with van der Waals surface area (Å²) in [4.78, 5) is 24.8. The Kier molecular flexibility index (Phi) is 4.12. The third-order valence-corrected chi connectivity index (χ3v) is 4.43. The van der Waals surface area contributed by atoms with Crippen LogP contribution in [0.5, 0.6) is 0 Å². The number of aryl methyl sites for hydroxylation is 1. The van der Waals surface area contributed by atoms with Crippen LogP contribution >= 0.6 is 11.3 Å². The topological polar surface area (TPSA) is 98.2 Å². The van der Waals surface area contributed by atoms with Crippen LogP contribution in [-0.4, -0.2) is 37.0 Å². The quantitative estimate of drug-likeness (QED) is 0.431. The van der Waals surface area contributed by atoms with Crippen molar-refractivity contribution >= 4 is 28.2 Å². The van der Waals surface area contributed by atoms with Gasteiger partial charge in [-0.2, -0.15) is 5.84 Å². The van der Waals surface area contributed by atoms with Gasteiger partial charge in [-0.3, -0.25) is 9.59 Å². The zero-order valence-corrected chi connectivity index (χ0v) is 12.7. The number of hydrogen-bond donors (Lipinski definition) is 3. The van der Waals surface area contributed by atoms with Gasteiger partial charge in [0, 0.05) is 4.88 Å². The Hall–Kier alpha value is -1.44. The first kappa shape index (κ1) is 15.0. The van der Waals surface area contributed by atoms with Crippen LogP contribution in [0, 0.1) is 0 Å². The van der Waals surface area contributed by atoms with E-state index in [4.69, 9.17) is 11.6 Å². The fourth-order valence-electron chi connectivity index (χ4n) is 2.45. The molecule has 0 bridgehead atoms. The Morgan fingerprint density at radius 3 is 2.55 bits per heavy atom. The van der Waals surface area contributed by atoms with Crippen molar-refractivity contribution in [3.8, 4) is 0 Å². The summed E-state index contributed by atoms with van der Waals surface area (Å²) in [5, 5.41) is 3.36. The van der Waals surface area contributed by atoms with Crippen molar-refractivity contribution < 1.29 is 14.2 Å². The third-order valence-electron chi connectivity index (χ3n) is 3.22. The molecule has 0 unspecified atom stereocenters. The lowest BCUT2D eigenvalue weighted by Crippen LogP contribution is -2.51. The van der Waals surface area contributed by atoms with Gasteiger partial charge in [0.05, 0.1) is 19.7 Å². The predicted octanol–water partition coefficient (Wildman–Crippen LogP) is 0.614. The number of carbonyl (C=O) groups is 2. The Morgan fingerprint density at radius 1 is 1.30 bits per heavy atom. The molecular weight excluding hydrogens is 276 g/mol. The van der Waals surface area contributed by atoms with Crippen LogP contribution in [0.3, 0.4) is 0 Å². The molecule has 1 aliphatic rings. The number of carbonyl (C=O) groups excluding carboxylic acids is 2. The van der Waals surface area contributed by atoms with Gasteiger partial charge in [0.2, 0.25) is 0 Å². The lowest BCUT2D eigenvalue weighted by Gasteiger charge is -2.21. The molecule has 7 heteroatoms. The number of primary amides is 1. The number of nitrogens with one attached hydrogen (secondary N) is 1. The van der Waals surface area contributed by atoms with Gasteiger partial charge in [-0.15, -0.1) is 11.3 Å². The van der Waals surface area contributed by atoms with E-state index in [2.05, 4.69) is 5.32 Å². The van der Waals surface area contributed by atoms with E-state index in [0.717, 1.165) is 31.2 Å². The largest absolute Gasteiger partial charge is 0.365 e. The van der Waals surface area contributed by atoms with Crippen LogP contribution in [-0.2, 0) is 17.6 Å². The highest BCUT2D eigenvalue weighted by Crippen LogP contribution is 2.37. The van der Waals surface area contributed by atoms with E-state index in [-0.39, 0.29) is 17.0 Å². The second-order valence-electron chi connectivity index (χ2n) is 5.76. The van der Waals surface area contributed by atoms with Crippen molar-refractivity contribution in [1.29, 1.82) is 0 Å². The fraction of sp³-hybridized carbons (Fsp3) is 0.538. The van der Waals surface area contributed by atoms with Gasteiger partial charge < -0.3 is 11.1 Å². The minimum Gasteiger partial charge on any atom is -0.365 e. The number of hydrogen-bond acceptors (Lipinski definition) is 4. The van der Waals surface area contributed by atoms with Crippen LogP contribution in [0.25, 0.3) is 0 Å². The van der Waals surface area contributed by atoms with Crippen LogP contribution in [0.15, 0.2) is 0 Å². The Morgan fingerprint density at radius 2 is 1.95 bits per heavy atom. The standard InChI is InChI=1S/C13H20N4O2S/c1-17(2,15)7-10(18)16-13-11(12(14)19)8-5-3-4-6-9(8)20-13/h3-7,15H2,1-2H3,(H2-,14,16,18,19)/p+1.